The van der Waals surface area contributed by atoms with E-state index in [2.05, 4.69) is 15.9 Å². The van der Waals surface area contributed by atoms with Crippen LogP contribution in [0.4, 0.5) is 0 Å². The summed E-state index contributed by atoms with van der Waals surface area (Å²) in [6.45, 7) is -0.963. The summed E-state index contributed by atoms with van der Waals surface area (Å²) < 4.78 is 18.1. The first-order valence-corrected chi connectivity index (χ1v) is 13.3. The summed E-state index contributed by atoms with van der Waals surface area (Å²) in [7, 11) is 0. The highest BCUT2D eigenvalue weighted by Crippen LogP contribution is 2.42. The van der Waals surface area contributed by atoms with E-state index in [1.165, 1.54) is 0 Å². The van der Waals surface area contributed by atoms with Crippen LogP contribution in [0.15, 0.2) is 36.4 Å². The zero-order chi connectivity index (χ0) is 34.2. The fourth-order valence-corrected chi connectivity index (χ4v) is 4.72. The summed E-state index contributed by atoms with van der Waals surface area (Å²) in [6.07, 6.45) is -8.38. The first kappa shape index (κ1) is 33.5. The number of phenolic OH excluding ortho intramolecular Hbond substituents is 9. The fraction of sp³-hybridized carbons (Fsp3) is 0.222. The number of aliphatic hydroxyl groups excluding tert-OH is 2. The Labute approximate surface area is 263 Å². The van der Waals surface area contributed by atoms with E-state index in [9.17, 15) is 70.6 Å². The second kappa shape index (κ2) is 12.6. The largest absolute Gasteiger partial charge is 0.504 e. The predicted molar refractivity (Wildman–Crippen MR) is 148 cm³/mol. The second-order valence-electron chi connectivity index (χ2n) is 9.62. The minimum Gasteiger partial charge on any atom is -0.504 e. The van der Waals surface area contributed by atoms with Gasteiger partial charge in [0.1, 0.15) is 18.8 Å². The molecule has 19 heteroatoms. The van der Waals surface area contributed by atoms with E-state index in [1.54, 1.807) is 0 Å². The third kappa shape index (κ3) is 6.52. The molecular weight excluding hydrogens is 692 g/mol. The van der Waals surface area contributed by atoms with Crippen molar-refractivity contribution in [1.82, 2.24) is 0 Å². The van der Waals surface area contributed by atoms with Gasteiger partial charge in [-0.1, -0.05) is 0 Å². The van der Waals surface area contributed by atoms with Gasteiger partial charge in [0, 0.05) is 0 Å². The van der Waals surface area contributed by atoms with Gasteiger partial charge in [-0.2, -0.15) is 0 Å². The zero-order valence-electron chi connectivity index (χ0n) is 22.6. The topological polar surface area (TPSA) is 311 Å². The van der Waals surface area contributed by atoms with Gasteiger partial charge in [-0.15, -0.1) is 0 Å². The molecule has 4 rings (SSSR count). The molecule has 0 amide bonds. The number of halogens is 1. The average Bonchev–Trinajstić information content (AvgIpc) is 2.99. The highest BCUT2D eigenvalue weighted by Gasteiger charge is 2.58. The lowest BCUT2D eigenvalue weighted by molar-refractivity contribution is -0.299. The van der Waals surface area contributed by atoms with Gasteiger partial charge in [0.05, 0.1) is 16.7 Å². The van der Waals surface area contributed by atoms with Gasteiger partial charge in [-0.05, 0) is 52.3 Å². The summed E-state index contributed by atoms with van der Waals surface area (Å²) in [6, 6.07) is 4.13. The number of benzene rings is 3. The van der Waals surface area contributed by atoms with E-state index in [0.29, 0.717) is 24.3 Å². The molecule has 11 N–H and O–H groups in total. The van der Waals surface area contributed by atoms with Crippen molar-refractivity contribution in [2.24, 2.45) is 0 Å². The van der Waals surface area contributed by atoms with Gasteiger partial charge in [0.25, 0.3) is 0 Å². The molecule has 0 spiro atoms. The molecule has 1 aliphatic rings. The number of aromatic hydroxyl groups is 9. The molecule has 0 aliphatic carbocycles. The number of carbonyl (C=O) groups is 3. The third-order valence-corrected chi connectivity index (χ3v) is 7.28. The second-order valence-corrected chi connectivity index (χ2v) is 10.7. The van der Waals surface area contributed by atoms with Crippen LogP contribution in [0.1, 0.15) is 31.1 Å². The number of carbonyl (C=O) groups excluding carboxylic acids is 3. The molecule has 0 unspecified atom stereocenters. The van der Waals surface area contributed by atoms with Gasteiger partial charge in [-0.25, -0.2) is 14.4 Å². The number of ether oxygens (including phenoxy) is 4. The van der Waals surface area contributed by atoms with Crippen LogP contribution >= 0.6 is 15.9 Å². The number of hydrogen-bond donors (Lipinski definition) is 11. The average molecular weight is 715 g/mol. The minimum absolute atomic E-state index is 0.489. The maximum atomic E-state index is 12.9. The van der Waals surface area contributed by atoms with Gasteiger partial charge in [0.15, 0.2) is 64.0 Å². The van der Waals surface area contributed by atoms with Crippen LogP contribution in [0, 0.1) is 0 Å². The molecule has 246 valence electrons. The Balaban J connectivity index is 1.64. The molecule has 1 fully saturated rings. The monoisotopic (exact) mass is 714 g/mol. The molecular formula is C27H23BrO18. The molecule has 1 heterocycles. The van der Waals surface area contributed by atoms with E-state index >= 15 is 0 Å². The lowest BCUT2D eigenvalue weighted by atomic mass is 9.98. The van der Waals surface area contributed by atoms with E-state index in [0.717, 1.165) is 12.1 Å². The van der Waals surface area contributed by atoms with Crippen molar-refractivity contribution in [2.45, 2.75) is 29.1 Å². The Morgan fingerprint density at radius 2 is 1.02 bits per heavy atom. The molecule has 5 atom stereocenters. The molecule has 1 aliphatic heterocycles. The third-order valence-electron chi connectivity index (χ3n) is 6.46. The summed E-state index contributed by atoms with van der Waals surface area (Å²) in [4.78, 5) is 38.4. The van der Waals surface area contributed by atoms with E-state index in [1.807, 2.05) is 0 Å². The van der Waals surface area contributed by atoms with E-state index < -0.39 is 122 Å². The zero-order valence-corrected chi connectivity index (χ0v) is 24.2. The Morgan fingerprint density at radius 1 is 0.652 bits per heavy atom. The first-order valence-electron chi connectivity index (χ1n) is 12.5. The molecule has 0 bridgehead atoms. The molecule has 3 aromatic carbocycles. The standard InChI is InChI=1S/C27H23BrO18/c28-27(46-26(42)10-5-15(33)20(37)16(34)6-10)23(39)22(44-25(41)9-3-13(31)19(36)14(32)4-9)21(38)17(45-27)7-43-24(40)8-1-11(29)18(35)12(30)2-8/h1-6,17,21-23,29-39H,7H2/t17-,21-,22+,23-,27+/m1/s1. The van der Waals surface area contributed by atoms with Crippen molar-refractivity contribution in [2.75, 3.05) is 6.61 Å². The van der Waals surface area contributed by atoms with Crippen LogP contribution in [-0.2, 0) is 18.9 Å². The molecule has 0 saturated carbocycles. The Bertz CT molecular complexity index is 1640. The lowest BCUT2D eigenvalue weighted by Crippen LogP contribution is -2.65. The lowest BCUT2D eigenvalue weighted by Gasteiger charge is -2.45. The van der Waals surface area contributed by atoms with Gasteiger partial charge < -0.3 is 75.1 Å². The van der Waals surface area contributed by atoms with Gasteiger partial charge in [0.2, 0.25) is 0 Å². The van der Waals surface area contributed by atoms with Crippen LogP contribution in [0.25, 0.3) is 0 Å². The minimum atomic E-state index is -2.76. The summed E-state index contributed by atoms with van der Waals surface area (Å²) in [5, 5.41) is 109. The smallest absolute Gasteiger partial charge is 0.341 e. The van der Waals surface area contributed by atoms with Crippen LogP contribution in [-0.4, -0.2) is 110 Å². The number of phenols is 9. The Kier molecular flexibility index (Phi) is 9.15. The van der Waals surface area contributed by atoms with Crippen LogP contribution < -0.4 is 0 Å². The van der Waals surface area contributed by atoms with Crippen molar-refractivity contribution >= 4 is 33.8 Å². The van der Waals surface area contributed by atoms with Crippen molar-refractivity contribution in [3.05, 3.63) is 53.1 Å². The Morgan fingerprint density at radius 3 is 1.43 bits per heavy atom. The molecule has 0 radical (unpaired) electrons. The molecule has 3 aromatic rings. The number of alkyl halides is 1. The fourth-order valence-electron chi connectivity index (χ4n) is 4.08. The molecule has 1 saturated heterocycles. The van der Waals surface area contributed by atoms with Gasteiger partial charge in [-0.3, -0.25) is 0 Å². The number of esters is 3. The van der Waals surface area contributed by atoms with Gasteiger partial charge >= 0.3 is 22.6 Å². The van der Waals surface area contributed by atoms with Crippen molar-refractivity contribution in [3.63, 3.8) is 0 Å². The number of hydrogen-bond acceptors (Lipinski definition) is 18. The van der Waals surface area contributed by atoms with Crippen LogP contribution in [0.2, 0.25) is 0 Å². The van der Waals surface area contributed by atoms with Crippen molar-refractivity contribution in [1.29, 1.82) is 0 Å². The Hall–Kier alpha value is -5.37. The summed E-state index contributed by atoms with van der Waals surface area (Å²) in [5.41, 5.74) is -1.69. The summed E-state index contributed by atoms with van der Waals surface area (Å²) in [5.74, 6) is -12.6. The van der Waals surface area contributed by atoms with E-state index in [4.69, 9.17) is 18.9 Å². The van der Waals surface area contributed by atoms with E-state index in [-0.39, 0.29) is 0 Å². The number of aliphatic hydroxyl groups is 2. The molecule has 0 aromatic heterocycles. The predicted octanol–water partition coefficient (Wildman–Crippen LogP) is 0.446. The van der Waals surface area contributed by atoms with Crippen LogP contribution in [0.3, 0.4) is 0 Å². The number of rotatable bonds is 7. The summed E-state index contributed by atoms with van der Waals surface area (Å²) >= 11 is 2.84. The normalized spacial score (nSPS) is 22.5. The quantitative estimate of drug-likeness (QED) is 0.0684. The van der Waals surface area contributed by atoms with Crippen LogP contribution in [0.5, 0.6) is 51.7 Å². The maximum absolute atomic E-state index is 12.9. The highest BCUT2D eigenvalue weighted by molar-refractivity contribution is 9.10. The SMILES string of the molecule is O=C(OC[C@H]1O[C@](Br)(OC(=O)c2cc(O)c(O)c(O)c2)[C@H](O)[C@@H](OC(=O)c2cc(O)c(O)c(O)c2)[C@@H]1O)c1cc(O)c(O)c(O)c1. The van der Waals surface area contributed by atoms with Crippen molar-refractivity contribution < 1.29 is 89.5 Å². The molecule has 18 nitrogen and oxygen atoms in total. The first-order chi connectivity index (χ1) is 21.4. The molecule has 46 heavy (non-hydrogen) atoms. The highest BCUT2D eigenvalue weighted by atomic mass is 79.9. The van der Waals surface area contributed by atoms with Crippen molar-refractivity contribution in [3.8, 4) is 51.7 Å². The maximum Gasteiger partial charge on any atom is 0.341 e.